The van der Waals surface area contributed by atoms with Crippen LogP contribution in [0, 0.1) is 5.92 Å². The Balaban J connectivity index is 1.92. The van der Waals surface area contributed by atoms with Crippen molar-refractivity contribution in [3.63, 3.8) is 0 Å². The maximum atomic E-state index is 6.09. The van der Waals surface area contributed by atoms with Crippen LogP contribution in [0.1, 0.15) is 32.3 Å². The van der Waals surface area contributed by atoms with Crippen molar-refractivity contribution >= 4 is 17.6 Å². The number of nitrogens with one attached hydrogen (secondary N) is 1. The predicted octanol–water partition coefficient (Wildman–Crippen LogP) is 3.47. The molecule has 0 saturated carbocycles. The largest absolute Gasteiger partial charge is 0.357 e. The van der Waals surface area contributed by atoms with Crippen LogP contribution in [-0.4, -0.2) is 55.5 Å². The van der Waals surface area contributed by atoms with Gasteiger partial charge in [0.15, 0.2) is 5.96 Å². The van der Waals surface area contributed by atoms with Gasteiger partial charge in [0.25, 0.3) is 0 Å². The Labute approximate surface area is 151 Å². The van der Waals surface area contributed by atoms with E-state index in [0.29, 0.717) is 5.92 Å². The summed E-state index contributed by atoms with van der Waals surface area (Å²) < 4.78 is 0. The highest BCUT2D eigenvalue weighted by Crippen LogP contribution is 2.17. The second-order valence-electron chi connectivity index (χ2n) is 6.64. The van der Waals surface area contributed by atoms with Crippen LogP contribution in [0.15, 0.2) is 29.3 Å². The summed E-state index contributed by atoms with van der Waals surface area (Å²) in [4.78, 5) is 9.61. The average Bonchev–Trinajstić information content (AvgIpc) is 2.99. The molecule has 0 amide bonds. The maximum Gasteiger partial charge on any atom is 0.193 e. The highest BCUT2D eigenvalue weighted by atomic mass is 35.5. The number of hydrogen-bond acceptors (Lipinski definition) is 2. The molecule has 134 valence electrons. The third kappa shape index (κ3) is 5.99. The Morgan fingerprint density at radius 1 is 1.42 bits per heavy atom. The molecule has 1 aromatic rings. The highest BCUT2D eigenvalue weighted by Gasteiger charge is 2.21. The van der Waals surface area contributed by atoms with Crippen LogP contribution in [-0.2, 0) is 6.54 Å². The Kier molecular flexibility index (Phi) is 7.86. The van der Waals surface area contributed by atoms with E-state index in [-0.39, 0.29) is 0 Å². The summed E-state index contributed by atoms with van der Waals surface area (Å²) in [5.74, 6) is 1.66. The van der Waals surface area contributed by atoms with Crippen molar-refractivity contribution in [1.29, 1.82) is 0 Å². The van der Waals surface area contributed by atoms with Gasteiger partial charge < -0.3 is 15.1 Å². The van der Waals surface area contributed by atoms with Gasteiger partial charge in [0.2, 0.25) is 0 Å². The van der Waals surface area contributed by atoms with Crippen molar-refractivity contribution in [2.45, 2.75) is 33.2 Å². The maximum absolute atomic E-state index is 6.09. The summed E-state index contributed by atoms with van der Waals surface area (Å²) in [6.45, 7) is 10.6. The number of hydrogen-bond donors (Lipinski definition) is 1. The summed E-state index contributed by atoms with van der Waals surface area (Å²) in [5, 5.41) is 4.19. The van der Waals surface area contributed by atoms with Gasteiger partial charge in [0.05, 0.1) is 0 Å². The SMILES string of the molecule is CCCN1CCC(CN=C(NCC)N(C)Cc2cccc(Cl)c2)C1. The van der Waals surface area contributed by atoms with Crippen LogP contribution in [0.4, 0.5) is 0 Å². The second kappa shape index (κ2) is 9.90. The Morgan fingerprint density at radius 3 is 2.96 bits per heavy atom. The average molecular weight is 351 g/mol. The molecule has 0 aliphatic carbocycles. The minimum atomic E-state index is 0.685. The van der Waals surface area contributed by atoms with E-state index in [0.717, 1.165) is 30.6 Å². The molecule has 2 rings (SSSR count). The molecule has 24 heavy (non-hydrogen) atoms. The molecular formula is C19H31ClN4. The first-order valence-corrected chi connectivity index (χ1v) is 9.46. The minimum Gasteiger partial charge on any atom is -0.357 e. The first kappa shape index (κ1) is 19.1. The highest BCUT2D eigenvalue weighted by molar-refractivity contribution is 6.30. The van der Waals surface area contributed by atoms with Crippen molar-refractivity contribution in [2.75, 3.05) is 39.8 Å². The first-order chi connectivity index (χ1) is 11.6. The van der Waals surface area contributed by atoms with Gasteiger partial charge >= 0.3 is 0 Å². The summed E-state index contributed by atoms with van der Waals surface area (Å²) in [5.41, 5.74) is 1.20. The number of benzene rings is 1. The monoisotopic (exact) mass is 350 g/mol. The molecule has 0 spiro atoms. The van der Waals surface area contributed by atoms with Crippen LogP contribution in [0.2, 0.25) is 5.02 Å². The molecule has 1 aliphatic heterocycles. The lowest BCUT2D eigenvalue weighted by atomic mass is 10.1. The smallest absolute Gasteiger partial charge is 0.193 e. The molecule has 1 fully saturated rings. The minimum absolute atomic E-state index is 0.685. The fraction of sp³-hybridized carbons (Fsp3) is 0.632. The summed E-state index contributed by atoms with van der Waals surface area (Å²) in [6, 6.07) is 8.02. The quantitative estimate of drug-likeness (QED) is 0.603. The summed E-state index contributed by atoms with van der Waals surface area (Å²) >= 11 is 6.09. The van der Waals surface area contributed by atoms with Gasteiger partial charge in [-0.15, -0.1) is 0 Å². The third-order valence-corrected chi connectivity index (χ3v) is 4.65. The van der Waals surface area contributed by atoms with Gasteiger partial charge in [0.1, 0.15) is 0 Å². The number of guanidine groups is 1. The van der Waals surface area contributed by atoms with Gasteiger partial charge in [-0.3, -0.25) is 4.99 Å². The van der Waals surface area contributed by atoms with Crippen molar-refractivity contribution < 1.29 is 0 Å². The zero-order chi connectivity index (χ0) is 17.4. The fourth-order valence-electron chi connectivity index (χ4n) is 3.25. The zero-order valence-electron chi connectivity index (χ0n) is 15.3. The molecule has 1 heterocycles. The van der Waals surface area contributed by atoms with Crippen LogP contribution in [0.3, 0.4) is 0 Å². The normalized spacial score (nSPS) is 18.8. The van der Waals surface area contributed by atoms with E-state index in [9.17, 15) is 0 Å². The van der Waals surface area contributed by atoms with Crippen LogP contribution >= 0.6 is 11.6 Å². The number of halogens is 1. The van der Waals surface area contributed by atoms with Gasteiger partial charge in [0, 0.05) is 38.2 Å². The molecule has 0 radical (unpaired) electrons. The molecule has 1 unspecified atom stereocenters. The lowest BCUT2D eigenvalue weighted by Gasteiger charge is -2.23. The van der Waals surface area contributed by atoms with Crippen LogP contribution < -0.4 is 5.32 Å². The Bertz CT molecular complexity index is 532. The molecule has 4 nitrogen and oxygen atoms in total. The molecule has 0 bridgehead atoms. The molecular weight excluding hydrogens is 320 g/mol. The van der Waals surface area contributed by atoms with Gasteiger partial charge in [-0.25, -0.2) is 0 Å². The van der Waals surface area contributed by atoms with Crippen molar-refractivity contribution in [3.8, 4) is 0 Å². The van der Waals surface area contributed by atoms with E-state index in [1.165, 1.54) is 38.0 Å². The van der Waals surface area contributed by atoms with Crippen molar-refractivity contribution in [1.82, 2.24) is 15.1 Å². The summed E-state index contributed by atoms with van der Waals surface area (Å²) in [7, 11) is 2.08. The van der Waals surface area contributed by atoms with Gasteiger partial charge in [-0.1, -0.05) is 30.7 Å². The number of aliphatic imine (C=N–C) groups is 1. The van der Waals surface area contributed by atoms with E-state index < -0.39 is 0 Å². The molecule has 1 atom stereocenters. The standard InChI is InChI=1S/C19H31ClN4/c1-4-10-24-11-9-17(15-24)13-22-19(21-5-2)23(3)14-16-7-6-8-18(20)12-16/h6-8,12,17H,4-5,9-11,13-15H2,1-3H3,(H,21,22). The van der Waals surface area contributed by atoms with Crippen molar-refractivity contribution in [3.05, 3.63) is 34.9 Å². The van der Waals surface area contributed by atoms with Crippen LogP contribution in [0.25, 0.3) is 0 Å². The summed E-state index contributed by atoms with van der Waals surface area (Å²) in [6.07, 6.45) is 2.50. The lowest BCUT2D eigenvalue weighted by Crippen LogP contribution is -2.39. The Hall–Kier alpha value is -1.26. The van der Waals surface area contributed by atoms with E-state index in [1.54, 1.807) is 0 Å². The Morgan fingerprint density at radius 2 is 2.25 bits per heavy atom. The topological polar surface area (TPSA) is 30.9 Å². The first-order valence-electron chi connectivity index (χ1n) is 9.08. The number of likely N-dealkylation sites (tertiary alicyclic amines) is 1. The molecule has 0 aromatic heterocycles. The molecule has 1 N–H and O–H groups in total. The molecule has 1 saturated heterocycles. The van der Waals surface area contributed by atoms with Crippen LogP contribution in [0.5, 0.6) is 0 Å². The zero-order valence-corrected chi connectivity index (χ0v) is 16.0. The van der Waals surface area contributed by atoms with E-state index in [2.05, 4.69) is 42.1 Å². The van der Waals surface area contributed by atoms with Crippen molar-refractivity contribution in [2.24, 2.45) is 10.9 Å². The molecule has 5 heteroatoms. The molecule has 1 aliphatic rings. The third-order valence-electron chi connectivity index (χ3n) is 4.41. The second-order valence-corrected chi connectivity index (χ2v) is 7.07. The van der Waals surface area contributed by atoms with Gasteiger partial charge in [-0.05, 0) is 56.5 Å². The number of rotatable bonds is 7. The van der Waals surface area contributed by atoms with E-state index in [4.69, 9.17) is 16.6 Å². The lowest BCUT2D eigenvalue weighted by molar-refractivity contribution is 0.326. The van der Waals surface area contributed by atoms with E-state index in [1.807, 2.05) is 18.2 Å². The molecule has 1 aromatic carbocycles. The predicted molar refractivity (Wildman–Crippen MR) is 104 cm³/mol. The van der Waals surface area contributed by atoms with Gasteiger partial charge in [-0.2, -0.15) is 0 Å². The number of nitrogens with zero attached hydrogens (tertiary/aromatic N) is 3. The fourth-order valence-corrected chi connectivity index (χ4v) is 3.46. The van der Waals surface area contributed by atoms with E-state index >= 15 is 0 Å².